The lowest BCUT2D eigenvalue weighted by atomic mass is 9.76. The third-order valence-corrected chi connectivity index (χ3v) is 4.97. The maximum absolute atomic E-state index is 6.13. The van der Waals surface area contributed by atoms with Gasteiger partial charge in [-0.05, 0) is 37.5 Å². The zero-order chi connectivity index (χ0) is 14.8. The maximum Gasteiger partial charge on any atom is 0.0619 e. The first-order valence-electron chi connectivity index (χ1n) is 7.22. The fraction of sp³-hybridized carbons (Fsp3) is 0.625. The Kier molecular flexibility index (Phi) is 5.36. The van der Waals surface area contributed by atoms with Gasteiger partial charge in [0.05, 0.1) is 16.1 Å². The van der Waals surface area contributed by atoms with Crippen LogP contribution in [0.3, 0.4) is 0 Å². The molecule has 0 radical (unpaired) electrons. The minimum absolute atomic E-state index is 0.140. The van der Waals surface area contributed by atoms with Gasteiger partial charge in [-0.25, -0.2) is 0 Å². The Bertz CT molecular complexity index is 464. The van der Waals surface area contributed by atoms with E-state index in [4.69, 9.17) is 27.9 Å². The molecule has 0 bridgehead atoms. The summed E-state index contributed by atoms with van der Waals surface area (Å²) in [4.78, 5) is 0. The van der Waals surface area contributed by atoms with Gasteiger partial charge in [-0.1, -0.05) is 43.1 Å². The summed E-state index contributed by atoms with van der Waals surface area (Å²) in [5.41, 5.74) is 1.36. The highest BCUT2D eigenvalue weighted by Crippen LogP contribution is 2.38. The number of nitrogens with one attached hydrogen (secondary N) is 1. The average molecular weight is 316 g/mol. The second-order valence-corrected chi connectivity index (χ2v) is 6.90. The zero-order valence-corrected chi connectivity index (χ0v) is 13.9. The largest absolute Gasteiger partial charge is 0.378 e. The summed E-state index contributed by atoms with van der Waals surface area (Å²) in [5.74, 6) is 0. The summed E-state index contributed by atoms with van der Waals surface area (Å²) in [7, 11) is 0. The van der Waals surface area contributed by atoms with E-state index in [2.05, 4.69) is 32.2 Å². The third kappa shape index (κ3) is 3.67. The molecule has 0 saturated carbocycles. The minimum Gasteiger partial charge on any atom is -0.378 e. The number of rotatable bonds is 5. The smallest absolute Gasteiger partial charge is 0.0619 e. The van der Waals surface area contributed by atoms with Crippen LogP contribution < -0.4 is 5.32 Å². The topological polar surface area (TPSA) is 21.3 Å². The molecule has 112 valence electrons. The van der Waals surface area contributed by atoms with Crippen molar-refractivity contribution in [3.05, 3.63) is 33.8 Å². The van der Waals surface area contributed by atoms with Crippen molar-refractivity contribution in [1.29, 1.82) is 0 Å². The maximum atomic E-state index is 6.13. The van der Waals surface area contributed by atoms with Crippen molar-refractivity contribution in [2.24, 2.45) is 5.41 Å². The van der Waals surface area contributed by atoms with E-state index >= 15 is 0 Å². The highest BCUT2D eigenvalue weighted by atomic mass is 35.5. The molecule has 2 nitrogen and oxygen atoms in total. The predicted molar refractivity (Wildman–Crippen MR) is 85.8 cm³/mol. The molecule has 0 amide bonds. The van der Waals surface area contributed by atoms with Gasteiger partial charge in [0.25, 0.3) is 0 Å². The molecule has 1 aromatic carbocycles. The van der Waals surface area contributed by atoms with Crippen LogP contribution in [0.5, 0.6) is 0 Å². The Morgan fingerprint density at radius 1 is 1.35 bits per heavy atom. The van der Waals surface area contributed by atoms with Crippen molar-refractivity contribution in [2.45, 2.75) is 45.8 Å². The lowest BCUT2D eigenvalue weighted by Crippen LogP contribution is -2.43. The Labute approximate surface area is 131 Å². The average Bonchev–Trinajstić information content (AvgIpc) is 2.74. The molecule has 2 unspecified atom stereocenters. The van der Waals surface area contributed by atoms with Gasteiger partial charge in [0.15, 0.2) is 0 Å². The van der Waals surface area contributed by atoms with Crippen LogP contribution in [0.15, 0.2) is 18.2 Å². The lowest BCUT2D eigenvalue weighted by molar-refractivity contribution is 0.0621. The van der Waals surface area contributed by atoms with Crippen molar-refractivity contribution in [2.75, 3.05) is 13.2 Å². The zero-order valence-electron chi connectivity index (χ0n) is 12.4. The van der Waals surface area contributed by atoms with E-state index in [1.54, 1.807) is 0 Å². The minimum atomic E-state index is 0.140. The molecule has 1 saturated heterocycles. The number of hydrogen-bond acceptors (Lipinski definition) is 2. The quantitative estimate of drug-likeness (QED) is 0.873. The molecular formula is C16H23Cl2NO. The molecule has 2 atom stereocenters. The summed E-state index contributed by atoms with van der Waals surface area (Å²) in [6.07, 6.45) is 2.29. The number of benzene rings is 1. The summed E-state index contributed by atoms with van der Waals surface area (Å²) >= 11 is 12.1. The van der Waals surface area contributed by atoms with Crippen LogP contribution in [0, 0.1) is 5.41 Å². The van der Waals surface area contributed by atoms with Crippen LogP contribution in [-0.4, -0.2) is 25.3 Å². The standard InChI is InChI=1S/C16H23Cl2NO/c1-11(2)19-10-16(6-7-20-12(16)3)9-13-4-5-14(17)15(18)8-13/h4-5,8,11-12,19H,6-7,9-10H2,1-3H3. The van der Waals surface area contributed by atoms with Crippen LogP contribution in [0.4, 0.5) is 0 Å². The van der Waals surface area contributed by atoms with Gasteiger partial charge in [0, 0.05) is 24.6 Å². The van der Waals surface area contributed by atoms with Crippen LogP contribution in [0.1, 0.15) is 32.8 Å². The van der Waals surface area contributed by atoms with Gasteiger partial charge < -0.3 is 10.1 Å². The third-order valence-electron chi connectivity index (χ3n) is 4.23. The first-order chi connectivity index (χ1) is 9.43. The first kappa shape index (κ1) is 16.1. The van der Waals surface area contributed by atoms with Gasteiger partial charge in [0.1, 0.15) is 0 Å². The lowest BCUT2D eigenvalue weighted by Gasteiger charge is -2.33. The number of hydrogen-bond donors (Lipinski definition) is 1. The Morgan fingerprint density at radius 2 is 2.10 bits per heavy atom. The number of halogens is 2. The van der Waals surface area contributed by atoms with Gasteiger partial charge in [-0.3, -0.25) is 0 Å². The van der Waals surface area contributed by atoms with E-state index in [1.807, 2.05) is 12.1 Å². The molecule has 1 aliphatic heterocycles. The summed E-state index contributed by atoms with van der Waals surface area (Å²) in [6, 6.07) is 6.40. The molecule has 2 rings (SSSR count). The SMILES string of the molecule is CC(C)NCC1(Cc2ccc(Cl)c(Cl)c2)CCOC1C. The molecule has 1 aromatic rings. The molecule has 1 heterocycles. The van der Waals surface area contributed by atoms with Crippen molar-refractivity contribution in [3.63, 3.8) is 0 Å². The van der Waals surface area contributed by atoms with Gasteiger partial charge in [-0.15, -0.1) is 0 Å². The van der Waals surface area contributed by atoms with E-state index in [0.29, 0.717) is 16.1 Å². The van der Waals surface area contributed by atoms with Crippen LogP contribution >= 0.6 is 23.2 Å². The summed E-state index contributed by atoms with van der Waals surface area (Å²) in [5, 5.41) is 4.80. The molecule has 1 N–H and O–H groups in total. The van der Waals surface area contributed by atoms with E-state index in [1.165, 1.54) is 5.56 Å². The molecule has 0 aromatic heterocycles. The normalized spacial score (nSPS) is 26.4. The highest BCUT2D eigenvalue weighted by Gasteiger charge is 2.41. The van der Waals surface area contributed by atoms with Crippen molar-refractivity contribution in [3.8, 4) is 0 Å². The second-order valence-electron chi connectivity index (χ2n) is 6.09. The molecule has 20 heavy (non-hydrogen) atoms. The van der Waals surface area contributed by atoms with E-state index < -0.39 is 0 Å². The Hall–Kier alpha value is -0.280. The van der Waals surface area contributed by atoms with E-state index in [0.717, 1.165) is 26.0 Å². The molecule has 4 heteroatoms. The fourth-order valence-corrected chi connectivity index (χ4v) is 3.13. The van der Waals surface area contributed by atoms with Crippen LogP contribution in [0.2, 0.25) is 10.0 Å². The fourth-order valence-electron chi connectivity index (χ4n) is 2.81. The molecular weight excluding hydrogens is 293 g/mol. The first-order valence-corrected chi connectivity index (χ1v) is 7.97. The number of ether oxygens (including phenoxy) is 1. The molecule has 1 aliphatic rings. The monoisotopic (exact) mass is 315 g/mol. The van der Waals surface area contributed by atoms with Crippen LogP contribution in [-0.2, 0) is 11.2 Å². The van der Waals surface area contributed by atoms with Crippen molar-refractivity contribution >= 4 is 23.2 Å². The van der Waals surface area contributed by atoms with Gasteiger partial charge in [0.2, 0.25) is 0 Å². The molecule has 0 spiro atoms. The van der Waals surface area contributed by atoms with Gasteiger partial charge in [-0.2, -0.15) is 0 Å². The molecule has 1 fully saturated rings. The highest BCUT2D eigenvalue weighted by molar-refractivity contribution is 6.42. The predicted octanol–water partition coefficient (Wildman–Crippen LogP) is 4.33. The Balaban J connectivity index is 2.17. The van der Waals surface area contributed by atoms with Crippen molar-refractivity contribution < 1.29 is 4.74 Å². The van der Waals surface area contributed by atoms with Crippen molar-refractivity contribution in [1.82, 2.24) is 5.32 Å². The van der Waals surface area contributed by atoms with Crippen LogP contribution in [0.25, 0.3) is 0 Å². The Morgan fingerprint density at radius 3 is 2.65 bits per heavy atom. The molecule has 0 aliphatic carbocycles. The summed E-state index contributed by atoms with van der Waals surface area (Å²) in [6.45, 7) is 8.32. The van der Waals surface area contributed by atoms with E-state index in [-0.39, 0.29) is 11.5 Å². The summed E-state index contributed by atoms with van der Waals surface area (Å²) < 4.78 is 5.83. The second kappa shape index (κ2) is 6.65. The van der Waals surface area contributed by atoms with Gasteiger partial charge >= 0.3 is 0 Å². The van der Waals surface area contributed by atoms with E-state index in [9.17, 15) is 0 Å².